The van der Waals surface area contributed by atoms with Crippen molar-refractivity contribution < 1.29 is 23.6 Å². The average Bonchev–Trinajstić information content (AvgIpc) is 3.03. The van der Waals surface area contributed by atoms with Crippen molar-refractivity contribution in [1.82, 2.24) is 15.0 Å². The van der Waals surface area contributed by atoms with Gasteiger partial charge in [0.05, 0.1) is 0 Å². The van der Waals surface area contributed by atoms with Gasteiger partial charge in [-0.05, 0) is 37.1 Å². The Morgan fingerprint density at radius 3 is 2.76 bits per heavy atom. The first-order valence-electron chi connectivity index (χ1n) is 7.99. The Morgan fingerprint density at radius 1 is 1.36 bits per heavy atom. The zero-order valence-electron chi connectivity index (χ0n) is 14.2. The summed E-state index contributed by atoms with van der Waals surface area (Å²) in [6.45, 7) is 3.58. The topological polar surface area (TPSA) is 96.5 Å². The number of amides is 1. The molecule has 0 saturated heterocycles. The molecule has 0 radical (unpaired) electrons. The largest absolute Gasteiger partial charge is 0.480 e. The van der Waals surface area contributed by atoms with Gasteiger partial charge in [0.2, 0.25) is 17.6 Å². The summed E-state index contributed by atoms with van der Waals surface area (Å²) >= 11 is 0. The maximum Gasteiger partial charge on any atom is 0.323 e. The van der Waals surface area contributed by atoms with Crippen LogP contribution in [0.15, 0.2) is 22.7 Å². The van der Waals surface area contributed by atoms with Crippen LogP contribution in [0.2, 0.25) is 0 Å². The molecule has 0 fully saturated rings. The fourth-order valence-electron chi connectivity index (χ4n) is 2.35. The van der Waals surface area contributed by atoms with Crippen LogP contribution in [-0.2, 0) is 16.0 Å². The van der Waals surface area contributed by atoms with Gasteiger partial charge in [-0.1, -0.05) is 12.1 Å². The van der Waals surface area contributed by atoms with E-state index >= 15 is 0 Å². The first kappa shape index (κ1) is 18.6. The van der Waals surface area contributed by atoms with Crippen LogP contribution in [0.25, 0.3) is 11.4 Å². The van der Waals surface area contributed by atoms with E-state index in [1.54, 1.807) is 19.1 Å². The van der Waals surface area contributed by atoms with Crippen molar-refractivity contribution in [3.8, 4) is 11.4 Å². The van der Waals surface area contributed by atoms with Crippen molar-refractivity contribution in [2.75, 3.05) is 13.1 Å². The van der Waals surface area contributed by atoms with E-state index in [1.165, 1.54) is 11.0 Å². The Morgan fingerprint density at radius 2 is 2.12 bits per heavy atom. The van der Waals surface area contributed by atoms with Crippen LogP contribution in [0.5, 0.6) is 0 Å². The molecule has 134 valence electrons. The summed E-state index contributed by atoms with van der Waals surface area (Å²) in [6, 6.07) is 4.50. The molecule has 8 heteroatoms. The maximum absolute atomic E-state index is 13.3. The number of aromatic nitrogens is 2. The predicted molar refractivity (Wildman–Crippen MR) is 87.3 cm³/mol. The lowest BCUT2D eigenvalue weighted by atomic mass is 10.1. The summed E-state index contributed by atoms with van der Waals surface area (Å²) in [7, 11) is 0. The minimum atomic E-state index is -1.05. The van der Waals surface area contributed by atoms with Crippen LogP contribution in [0.1, 0.15) is 31.2 Å². The zero-order chi connectivity index (χ0) is 18.4. The van der Waals surface area contributed by atoms with E-state index in [0.29, 0.717) is 29.9 Å². The van der Waals surface area contributed by atoms with Gasteiger partial charge in [-0.2, -0.15) is 4.98 Å². The summed E-state index contributed by atoms with van der Waals surface area (Å²) in [6.07, 6.45) is 0.969. The van der Waals surface area contributed by atoms with Crippen LogP contribution in [0.4, 0.5) is 4.39 Å². The lowest BCUT2D eigenvalue weighted by Crippen LogP contribution is -2.36. The molecule has 0 aliphatic heterocycles. The number of aryl methyl sites for hydroxylation is 2. The number of carboxylic acids is 1. The van der Waals surface area contributed by atoms with E-state index in [-0.39, 0.29) is 37.0 Å². The molecule has 2 aromatic rings. The van der Waals surface area contributed by atoms with E-state index < -0.39 is 5.97 Å². The molecule has 0 saturated carbocycles. The summed E-state index contributed by atoms with van der Waals surface area (Å²) in [5, 5.41) is 12.7. The minimum Gasteiger partial charge on any atom is -0.480 e. The van der Waals surface area contributed by atoms with Gasteiger partial charge in [0.1, 0.15) is 12.4 Å². The predicted octanol–water partition coefficient (Wildman–Crippen LogP) is 2.44. The summed E-state index contributed by atoms with van der Waals surface area (Å²) in [4.78, 5) is 28.4. The van der Waals surface area contributed by atoms with E-state index in [1.807, 2.05) is 6.92 Å². The minimum absolute atomic E-state index is 0.0807. The van der Waals surface area contributed by atoms with Crippen molar-refractivity contribution in [2.24, 2.45) is 0 Å². The Bertz CT molecular complexity index is 760. The van der Waals surface area contributed by atoms with Gasteiger partial charge in [-0.3, -0.25) is 9.59 Å². The number of benzene rings is 1. The molecule has 1 heterocycles. The SMILES string of the molecule is CCCN(CC(=O)O)C(=O)CCc1nc(-c2ccc(F)c(C)c2)no1. The van der Waals surface area contributed by atoms with Gasteiger partial charge in [0, 0.05) is 24.9 Å². The average molecular weight is 349 g/mol. The lowest BCUT2D eigenvalue weighted by molar-refractivity contribution is -0.144. The third kappa shape index (κ3) is 5.10. The van der Waals surface area contributed by atoms with Crippen molar-refractivity contribution in [3.05, 3.63) is 35.5 Å². The molecule has 0 aliphatic rings. The summed E-state index contributed by atoms with van der Waals surface area (Å²) in [5.41, 5.74) is 1.10. The molecule has 1 aromatic carbocycles. The first-order valence-corrected chi connectivity index (χ1v) is 7.99. The van der Waals surface area contributed by atoms with Gasteiger partial charge >= 0.3 is 5.97 Å². The quantitative estimate of drug-likeness (QED) is 0.786. The molecule has 1 aromatic heterocycles. The Balaban J connectivity index is 1.99. The Labute approximate surface area is 144 Å². The number of aliphatic carboxylic acids is 1. The number of carbonyl (C=O) groups excluding carboxylic acids is 1. The third-order valence-corrected chi connectivity index (χ3v) is 3.61. The molecular weight excluding hydrogens is 329 g/mol. The molecule has 2 rings (SSSR count). The van der Waals surface area contributed by atoms with Gasteiger partial charge in [0.15, 0.2) is 0 Å². The number of rotatable bonds is 8. The highest BCUT2D eigenvalue weighted by Crippen LogP contribution is 2.19. The Hall–Kier alpha value is -2.77. The third-order valence-electron chi connectivity index (χ3n) is 3.61. The number of carboxylic acid groups (broad SMARTS) is 1. The van der Waals surface area contributed by atoms with Crippen LogP contribution in [-0.4, -0.2) is 45.1 Å². The van der Waals surface area contributed by atoms with E-state index in [4.69, 9.17) is 9.63 Å². The summed E-state index contributed by atoms with van der Waals surface area (Å²) in [5.74, 6) is -1.04. The van der Waals surface area contributed by atoms with Crippen molar-refractivity contribution in [3.63, 3.8) is 0 Å². The second-order valence-electron chi connectivity index (χ2n) is 5.68. The van der Waals surface area contributed by atoms with Gasteiger partial charge in [-0.15, -0.1) is 0 Å². The fourth-order valence-corrected chi connectivity index (χ4v) is 2.35. The van der Waals surface area contributed by atoms with Crippen LogP contribution >= 0.6 is 0 Å². The normalized spacial score (nSPS) is 10.7. The van der Waals surface area contributed by atoms with Gasteiger partial charge in [-0.25, -0.2) is 4.39 Å². The maximum atomic E-state index is 13.3. The number of nitrogens with zero attached hydrogens (tertiary/aromatic N) is 3. The molecule has 0 atom stereocenters. The fraction of sp³-hybridized carbons (Fsp3) is 0.412. The van der Waals surface area contributed by atoms with E-state index in [9.17, 15) is 14.0 Å². The number of halogens is 1. The van der Waals surface area contributed by atoms with E-state index in [0.717, 1.165) is 0 Å². The van der Waals surface area contributed by atoms with Crippen molar-refractivity contribution in [1.29, 1.82) is 0 Å². The lowest BCUT2D eigenvalue weighted by Gasteiger charge is -2.19. The zero-order valence-corrected chi connectivity index (χ0v) is 14.2. The Kier molecular flexibility index (Phi) is 6.21. The smallest absolute Gasteiger partial charge is 0.323 e. The molecule has 0 aliphatic carbocycles. The molecule has 7 nitrogen and oxygen atoms in total. The second-order valence-corrected chi connectivity index (χ2v) is 5.68. The monoisotopic (exact) mass is 349 g/mol. The van der Waals surface area contributed by atoms with Gasteiger partial charge in [0.25, 0.3) is 0 Å². The molecular formula is C17H20FN3O4. The van der Waals surface area contributed by atoms with Gasteiger partial charge < -0.3 is 14.5 Å². The number of carbonyl (C=O) groups is 2. The number of hydrogen-bond donors (Lipinski definition) is 1. The van der Waals surface area contributed by atoms with Crippen LogP contribution in [0, 0.1) is 12.7 Å². The van der Waals surface area contributed by atoms with E-state index in [2.05, 4.69) is 10.1 Å². The standard InChI is InChI=1S/C17H20FN3O4/c1-3-8-21(10-16(23)24)15(22)7-6-14-19-17(20-25-14)12-4-5-13(18)11(2)9-12/h4-5,9H,3,6-8,10H2,1-2H3,(H,23,24). The molecule has 0 spiro atoms. The second kappa shape index (κ2) is 8.36. The van der Waals surface area contributed by atoms with Crippen LogP contribution < -0.4 is 0 Å². The van der Waals surface area contributed by atoms with Crippen LogP contribution in [0.3, 0.4) is 0 Å². The highest BCUT2D eigenvalue weighted by molar-refractivity contribution is 5.81. The first-order chi connectivity index (χ1) is 11.9. The molecule has 0 unspecified atom stereocenters. The molecule has 25 heavy (non-hydrogen) atoms. The van der Waals surface area contributed by atoms with Crippen molar-refractivity contribution in [2.45, 2.75) is 33.1 Å². The number of hydrogen-bond acceptors (Lipinski definition) is 5. The molecule has 0 bridgehead atoms. The van der Waals surface area contributed by atoms with Crippen molar-refractivity contribution >= 4 is 11.9 Å². The molecule has 1 amide bonds. The summed E-state index contributed by atoms with van der Waals surface area (Å²) < 4.78 is 18.4. The highest BCUT2D eigenvalue weighted by Gasteiger charge is 2.17. The molecule has 1 N–H and O–H groups in total. The highest BCUT2D eigenvalue weighted by atomic mass is 19.1.